The van der Waals surface area contributed by atoms with Gasteiger partial charge in [0.2, 0.25) is 0 Å². The van der Waals surface area contributed by atoms with Crippen molar-refractivity contribution in [3.8, 4) is 0 Å². The average Bonchev–Trinajstić information content (AvgIpc) is 2.37. The van der Waals surface area contributed by atoms with Crippen molar-refractivity contribution in [2.75, 3.05) is 24.5 Å². The van der Waals surface area contributed by atoms with E-state index in [4.69, 9.17) is 0 Å². The summed E-state index contributed by atoms with van der Waals surface area (Å²) in [5.41, 5.74) is 1.46. The molecule has 0 radical (unpaired) electrons. The number of nitrogens with one attached hydrogen (secondary N) is 1. The Bertz CT molecular complexity index is 390. The van der Waals surface area contributed by atoms with E-state index in [9.17, 15) is 0 Å². The van der Waals surface area contributed by atoms with Crippen molar-refractivity contribution in [2.24, 2.45) is 5.92 Å². The quantitative estimate of drug-likeness (QED) is 0.856. The second-order valence-corrected chi connectivity index (χ2v) is 6.55. The maximum absolute atomic E-state index is 3.56. The summed E-state index contributed by atoms with van der Waals surface area (Å²) < 4.78 is 1.15. The van der Waals surface area contributed by atoms with E-state index in [-0.39, 0.29) is 5.54 Å². The minimum Gasteiger partial charge on any atom is -0.365 e. The van der Waals surface area contributed by atoms with E-state index in [1.165, 1.54) is 5.69 Å². The highest BCUT2D eigenvalue weighted by molar-refractivity contribution is 9.10. The van der Waals surface area contributed by atoms with Crippen molar-refractivity contribution in [3.63, 3.8) is 0 Å². The minimum absolute atomic E-state index is 0.158. The molecule has 1 heterocycles. The molecule has 1 aromatic carbocycles. The number of hydrogen-bond donors (Lipinski definition) is 1. The van der Waals surface area contributed by atoms with Gasteiger partial charge in [0.25, 0.3) is 0 Å². The van der Waals surface area contributed by atoms with E-state index >= 15 is 0 Å². The Kier molecular flexibility index (Phi) is 3.79. The molecule has 1 aliphatic rings. The predicted molar refractivity (Wildman–Crippen MR) is 77.6 cm³/mol. The molecule has 0 saturated carbocycles. The second-order valence-electron chi connectivity index (χ2n) is 5.64. The Labute approximate surface area is 113 Å². The van der Waals surface area contributed by atoms with Crippen molar-refractivity contribution in [2.45, 2.75) is 26.3 Å². The molecule has 3 heteroatoms. The second kappa shape index (κ2) is 4.99. The fraction of sp³-hybridized carbons (Fsp3) is 0.571. The molecule has 0 aliphatic carbocycles. The lowest BCUT2D eigenvalue weighted by Gasteiger charge is -2.39. The monoisotopic (exact) mass is 296 g/mol. The molecule has 1 saturated heterocycles. The molecular weight excluding hydrogens is 276 g/mol. The normalized spacial score (nSPS) is 24.5. The molecule has 94 valence electrons. The molecule has 0 amide bonds. The Morgan fingerprint density at radius 2 is 2.18 bits per heavy atom. The molecule has 0 aromatic heterocycles. The summed E-state index contributed by atoms with van der Waals surface area (Å²) in [4.78, 5) is 2.52. The van der Waals surface area contributed by atoms with E-state index < -0.39 is 0 Å². The minimum atomic E-state index is 0.158. The average molecular weight is 297 g/mol. The van der Waals surface area contributed by atoms with Gasteiger partial charge in [0.1, 0.15) is 0 Å². The summed E-state index contributed by atoms with van der Waals surface area (Å²) in [6.07, 6.45) is 0. The van der Waals surface area contributed by atoms with Gasteiger partial charge in [-0.05, 0) is 44.5 Å². The van der Waals surface area contributed by atoms with Crippen LogP contribution < -0.4 is 10.2 Å². The van der Waals surface area contributed by atoms with Crippen molar-refractivity contribution >= 4 is 21.6 Å². The van der Waals surface area contributed by atoms with Gasteiger partial charge in [-0.3, -0.25) is 0 Å². The van der Waals surface area contributed by atoms with E-state index in [2.05, 4.69) is 71.2 Å². The highest BCUT2D eigenvalue weighted by Crippen LogP contribution is 2.28. The molecule has 1 atom stereocenters. The van der Waals surface area contributed by atoms with Crippen LogP contribution in [0.3, 0.4) is 0 Å². The van der Waals surface area contributed by atoms with Crippen LogP contribution in [-0.4, -0.2) is 25.2 Å². The Morgan fingerprint density at radius 1 is 1.41 bits per heavy atom. The lowest BCUT2D eigenvalue weighted by Crippen LogP contribution is -2.49. The molecule has 1 aromatic rings. The first-order valence-electron chi connectivity index (χ1n) is 6.23. The summed E-state index contributed by atoms with van der Waals surface area (Å²) >= 11 is 3.56. The van der Waals surface area contributed by atoms with Crippen molar-refractivity contribution in [1.29, 1.82) is 0 Å². The first kappa shape index (κ1) is 12.9. The lowest BCUT2D eigenvalue weighted by molar-refractivity contribution is 0.460. The summed E-state index contributed by atoms with van der Waals surface area (Å²) in [5, 5.41) is 3.55. The maximum atomic E-state index is 3.56. The zero-order valence-corrected chi connectivity index (χ0v) is 12.4. The fourth-order valence-electron chi connectivity index (χ4n) is 2.44. The van der Waals surface area contributed by atoms with Crippen LogP contribution in [0.4, 0.5) is 5.69 Å². The van der Waals surface area contributed by atoms with Gasteiger partial charge in [-0.25, -0.2) is 0 Å². The van der Waals surface area contributed by atoms with Crippen LogP contribution >= 0.6 is 15.9 Å². The van der Waals surface area contributed by atoms with Crippen molar-refractivity contribution in [1.82, 2.24) is 5.32 Å². The fourth-order valence-corrected chi connectivity index (χ4v) is 2.83. The largest absolute Gasteiger partial charge is 0.365 e. The van der Waals surface area contributed by atoms with Gasteiger partial charge in [0, 0.05) is 28.8 Å². The molecule has 1 fully saturated rings. The van der Waals surface area contributed by atoms with E-state index in [1.807, 2.05) is 0 Å². The number of nitrogens with zero attached hydrogens (tertiary/aromatic N) is 1. The number of benzene rings is 1. The Balaban J connectivity index is 2.32. The first-order chi connectivity index (χ1) is 7.99. The molecule has 0 spiro atoms. The number of rotatable bonds is 1. The molecule has 2 nitrogen and oxygen atoms in total. The zero-order valence-electron chi connectivity index (χ0n) is 10.8. The molecule has 1 unspecified atom stereocenters. The molecular formula is C14H21BrN2. The van der Waals surface area contributed by atoms with Crippen LogP contribution in [0.1, 0.15) is 20.8 Å². The lowest BCUT2D eigenvalue weighted by atomic mass is 10.0. The van der Waals surface area contributed by atoms with Crippen LogP contribution in [0.25, 0.3) is 0 Å². The summed E-state index contributed by atoms with van der Waals surface area (Å²) in [5.74, 6) is 0.677. The zero-order chi connectivity index (χ0) is 12.5. The third kappa shape index (κ3) is 3.02. The van der Waals surface area contributed by atoms with Gasteiger partial charge >= 0.3 is 0 Å². The molecule has 17 heavy (non-hydrogen) atoms. The highest BCUT2D eigenvalue weighted by Gasteiger charge is 2.30. The smallest absolute Gasteiger partial charge is 0.0470 e. The van der Waals surface area contributed by atoms with E-state index in [1.54, 1.807) is 0 Å². The maximum Gasteiger partial charge on any atom is 0.0470 e. The number of halogens is 1. The van der Waals surface area contributed by atoms with Gasteiger partial charge in [-0.15, -0.1) is 0 Å². The van der Waals surface area contributed by atoms with Crippen LogP contribution in [0.2, 0.25) is 0 Å². The number of hydrogen-bond acceptors (Lipinski definition) is 2. The van der Waals surface area contributed by atoms with Crippen molar-refractivity contribution < 1.29 is 0 Å². The van der Waals surface area contributed by atoms with Gasteiger partial charge in [-0.1, -0.05) is 28.9 Å². The molecule has 2 rings (SSSR count). The Hall–Kier alpha value is -0.540. The van der Waals surface area contributed by atoms with Gasteiger partial charge < -0.3 is 10.2 Å². The standard InChI is InChI=1S/C14H21BrN2/c1-11-8-16-10-14(2,3)17(9-11)13-6-4-5-12(15)7-13/h4-7,11,16H,8-10H2,1-3H3. The van der Waals surface area contributed by atoms with Crippen LogP contribution in [-0.2, 0) is 0 Å². The van der Waals surface area contributed by atoms with Crippen LogP contribution in [0.15, 0.2) is 28.7 Å². The topological polar surface area (TPSA) is 15.3 Å². The van der Waals surface area contributed by atoms with Gasteiger partial charge in [0.05, 0.1) is 0 Å². The summed E-state index contributed by atoms with van der Waals surface area (Å²) in [6, 6.07) is 8.60. The summed E-state index contributed by atoms with van der Waals surface area (Å²) in [7, 11) is 0. The molecule has 0 bridgehead atoms. The third-order valence-electron chi connectivity index (χ3n) is 3.40. The molecule has 1 N–H and O–H groups in total. The van der Waals surface area contributed by atoms with Gasteiger partial charge in [-0.2, -0.15) is 0 Å². The highest BCUT2D eigenvalue weighted by atomic mass is 79.9. The third-order valence-corrected chi connectivity index (χ3v) is 3.89. The first-order valence-corrected chi connectivity index (χ1v) is 7.02. The Morgan fingerprint density at radius 3 is 2.88 bits per heavy atom. The van der Waals surface area contributed by atoms with Crippen LogP contribution in [0, 0.1) is 5.92 Å². The predicted octanol–water partition coefficient (Wildman–Crippen LogP) is 3.27. The molecule has 1 aliphatic heterocycles. The van der Waals surface area contributed by atoms with Crippen LogP contribution in [0.5, 0.6) is 0 Å². The van der Waals surface area contributed by atoms with Crippen molar-refractivity contribution in [3.05, 3.63) is 28.7 Å². The SMILES string of the molecule is CC1CNCC(C)(C)N(c2cccc(Br)c2)C1. The summed E-state index contributed by atoms with van der Waals surface area (Å²) in [6.45, 7) is 10.2. The van der Waals surface area contributed by atoms with E-state index in [0.29, 0.717) is 5.92 Å². The number of anilines is 1. The van der Waals surface area contributed by atoms with Gasteiger partial charge in [0.15, 0.2) is 0 Å². The van der Waals surface area contributed by atoms with E-state index in [0.717, 1.165) is 24.1 Å².